The van der Waals surface area contributed by atoms with E-state index in [-0.39, 0.29) is 5.41 Å². The first-order valence-corrected chi connectivity index (χ1v) is 8.18. The quantitative estimate of drug-likeness (QED) is 0.404. The fourth-order valence-electron chi connectivity index (χ4n) is 3.83. The second kappa shape index (κ2) is 3.58. The molecular formula is C19H15NS. The number of nitrogens with zero attached hydrogens (tertiary/aromatic N) is 1. The maximum absolute atomic E-state index is 2.46. The second-order valence-electron chi connectivity index (χ2n) is 6.32. The largest absolute Gasteiger partial charge is 0.300 e. The first-order valence-electron chi connectivity index (χ1n) is 7.30. The van der Waals surface area contributed by atoms with Gasteiger partial charge in [0.25, 0.3) is 0 Å². The van der Waals surface area contributed by atoms with Crippen molar-refractivity contribution in [3.63, 3.8) is 0 Å². The maximum atomic E-state index is 2.46. The summed E-state index contributed by atoms with van der Waals surface area (Å²) in [7, 11) is 0. The summed E-state index contributed by atoms with van der Waals surface area (Å²) in [6.07, 6.45) is 0. The normalized spacial score (nSPS) is 15.5. The van der Waals surface area contributed by atoms with Gasteiger partial charge in [0, 0.05) is 16.2 Å². The van der Waals surface area contributed by atoms with E-state index in [1.807, 2.05) is 11.3 Å². The molecule has 1 nitrogen and oxygen atoms in total. The van der Waals surface area contributed by atoms with Crippen molar-refractivity contribution in [3.05, 3.63) is 65.0 Å². The van der Waals surface area contributed by atoms with Gasteiger partial charge in [-0.15, -0.1) is 11.3 Å². The number of rotatable bonds is 0. The molecule has 0 aliphatic carbocycles. The summed E-state index contributed by atoms with van der Waals surface area (Å²) in [6.45, 7) is 4.68. The molecule has 0 spiro atoms. The van der Waals surface area contributed by atoms with Crippen LogP contribution in [0.4, 0.5) is 0 Å². The van der Waals surface area contributed by atoms with Crippen molar-refractivity contribution in [2.75, 3.05) is 0 Å². The van der Waals surface area contributed by atoms with E-state index in [2.05, 4.69) is 72.3 Å². The van der Waals surface area contributed by atoms with Gasteiger partial charge in [0.05, 0.1) is 11.0 Å². The van der Waals surface area contributed by atoms with Gasteiger partial charge in [0.1, 0.15) is 5.00 Å². The van der Waals surface area contributed by atoms with Crippen LogP contribution in [-0.4, -0.2) is 4.57 Å². The average Bonchev–Trinajstić information content (AvgIpc) is 3.08. The van der Waals surface area contributed by atoms with Gasteiger partial charge in [0.15, 0.2) is 0 Å². The van der Waals surface area contributed by atoms with Crippen molar-refractivity contribution >= 4 is 33.1 Å². The number of thiophene rings is 1. The SMILES string of the molecule is CC1(C)c2ccsc2-n2c3ccccc3c3cccc1c32. The molecule has 0 saturated heterocycles. The molecule has 2 aromatic carbocycles. The molecule has 0 unspecified atom stereocenters. The highest BCUT2D eigenvalue weighted by Gasteiger charge is 2.35. The van der Waals surface area contributed by atoms with E-state index >= 15 is 0 Å². The zero-order chi connectivity index (χ0) is 14.2. The maximum Gasteiger partial charge on any atom is 0.104 e. The van der Waals surface area contributed by atoms with E-state index < -0.39 is 0 Å². The monoisotopic (exact) mass is 289 g/mol. The molecule has 4 aromatic rings. The van der Waals surface area contributed by atoms with Gasteiger partial charge in [-0.3, -0.25) is 0 Å². The van der Waals surface area contributed by atoms with Crippen LogP contribution in [-0.2, 0) is 5.41 Å². The smallest absolute Gasteiger partial charge is 0.104 e. The number of benzene rings is 2. The molecular weight excluding hydrogens is 274 g/mol. The Labute approximate surface area is 127 Å². The summed E-state index contributed by atoms with van der Waals surface area (Å²) in [6, 6.07) is 17.8. The number of para-hydroxylation sites is 2. The molecule has 0 radical (unpaired) electrons. The van der Waals surface area contributed by atoms with Crippen LogP contribution in [0.2, 0.25) is 0 Å². The third kappa shape index (κ3) is 1.23. The van der Waals surface area contributed by atoms with Crippen LogP contribution >= 0.6 is 11.3 Å². The van der Waals surface area contributed by atoms with Crippen LogP contribution in [0.1, 0.15) is 25.0 Å². The van der Waals surface area contributed by atoms with Crippen molar-refractivity contribution in [1.29, 1.82) is 0 Å². The molecule has 0 bridgehead atoms. The lowest BCUT2D eigenvalue weighted by Gasteiger charge is -2.32. The van der Waals surface area contributed by atoms with Gasteiger partial charge in [0.2, 0.25) is 0 Å². The lowest BCUT2D eigenvalue weighted by Crippen LogP contribution is -2.24. The van der Waals surface area contributed by atoms with Crippen LogP contribution in [0, 0.1) is 0 Å². The number of fused-ring (bicyclic) bond motifs is 5. The molecule has 1 aliphatic rings. The Morgan fingerprint density at radius 2 is 1.67 bits per heavy atom. The molecule has 1 aliphatic heterocycles. The standard InChI is InChI=1S/C19H15NS/c1-19(2)14-8-5-7-13-12-6-3-4-9-16(12)20(17(13)14)18-15(19)10-11-21-18/h3-11H,1-2H3. The summed E-state index contributed by atoms with van der Waals surface area (Å²) >= 11 is 1.85. The van der Waals surface area contributed by atoms with Gasteiger partial charge >= 0.3 is 0 Å². The summed E-state index contributed by atoms with van der Waals surface area (Å²) < 4.78 is 2.46. The molecule has 0 atom stereocenters. The Morgan fingerprint density at radius 3 is 2.57 bits per heavy atom. The summed E-state index contributed by atoms with van der Waals surface area (Å²) in [5, 5.41) is 6.32. The lowest BCUT2D eigenvalue weighted by atomic mass is 9.76. The Balaban J connectivity index is 2.16. The molecule has 2 heteroatoms. The molecule has 0 amide bonds. The third-order valence-corrected chi connectivity index (χ3v) is 5.79. The van der Waals surface area contributed by atoms with Crippen molar-refractivity contribution < 1.29 is 0 Å². The van der Waals surface area contributed by atoms with Crippen LogP contribution < -0.4 is 0 Å². The molecule has 3 heterocycles. The zero-order valence-corrected chi connectivity index (χ0v) is 12.9. The Bertz CT molecular complexity index is 1020. The van der Waals surface area contributed by atoms with E-state index in [1.165, 1.54) is 37.9 Å². The summed E-state index contributed by atoms with van der Waals surface area (Å²) in [4.78, 5) is 0. The van der Waals surface area contributed by atoms with Crippen molar-refractivity contribution in [1.82, 2.24) is 4.57 Å². The van der Waals surface area contributed by atoms with Gasteiger partial charge in [-0.25, -0.2) is 0 Å². The molecule has 2 aromatic heterocycles. The minimum atomic E-state index is 0.0687. The molecule has 21 heavy (non-hydrogen) atoms. The second-order valence-corrected chi connectivity index (χ2v) is 7.21. The Morgan fingerprint density at radius 1 is 0.857 bits per heavy atom. The van der Waals surface area contributed by atoms with E-state index in [0.29, 0.717) is 0 Å². The van der Waals surface area contributed by atoms with Gasteiger partial charge in [-0.2, -0.15) is 0 Å². The fraction of sp³-hybridized carbons (Fsp3) is 0.158. The van der Waals surface area contributed by atoms with E-state index in [1.54, 1.807) is 0 Å². The highest BCUT2D eigenvalue weighted by Crippen LogP contribution is 2.48. The number of hydrogen-bond acceptors (Lipinski definition) is 1. The van der Waals surface area contributed by atoms with E-state index in [4.69, 9.17) is 0 Å². The minimum absolute atomic E-state index is 0.0687. The Hall–Kier alpha value is -2.06. The van der Waals surface area contributed by atoms with Crippen molar-refractivity contribution in [2.24, 2.45) is 0 Å². The molecule has 5 rings (SSSR count). The van der Waals surface area contributed by atoms with Crippen molar-refractivity contribution in [3.8, 4) is 5.00 Å². The minimum Gasteiger partial charge on any atom is -0.300 e. The Kier molecular flexibility index (Phi) is 1.97. The predicted molar refractivity (Wildman–Crippen MR) is 90.8 cm³/mol. The van der Waals surface area contributed by atoms with Crippen LogP contribution in [0.5, 0.6) is 0 Å². The topological polar surface area (TPSA) is 4.93 Å². The lowest BCUT2D eigenvalue weighted by molar-refractivity contribution is 0.635. The predicted octanol–water partition coefficient (Wildman–Crippen LogP) is 5.48. The van der Waals surface area contributed by atoms with E-state index in [9.17, 15) is 0 Å². The van der Waals surface area contributed by atoms with Crippen molar-refractivity contribution in [2.45, 2.75) is 19.3 Å². The van der Waals surface area contributed by atoms with E-state index in [0.717, 1.165) is 0 Å². The molecule has 0 saturated carbocycles. The van der Waals surface area contributed by atoms with Gasteiger partial charge in [-0.1, -0.05) is 50.2 Å². The highest BCUT2D eigenvalue weighted by atomic mass is 32.1. The first kappa shape index (κ1) is 11.6. The number of aromatic nitrogens is 1. The molecule has 0 N–H and O–H groups in total. The molecule has 102 valence electrons. The van der Waals surface area contributed by atoms with Gasteiger partial charge in [-0.05, 0) is 28.6 Å². The highest BCUT2D eigenvalue weighted by molar-refractivity contribution is 7.12. The van der Waals surface area contributed by atoms with Gasteiger partial charge < -0.3 is 4.57 Å². The number of hydrogen-bond donors (Lipinski definition) is 0. The van der Waals surface area contributed by atoms with Crippen LogP contribution in [0.15, 0.2) is 53.9 Å². The first-order chi connectivity index (χ1) is 10.2. The average molecular weight is 289 g/mol. The summed E-state index contributed by atoms with van der Waals surface area (Å²) in [5.41, 5.74) is 5.65. The third-order valence-electron chi connectivity index (χ3n) is 4.89. The summed E-state index contributed by atoms with van der Waals surface area (Å²) in [5.74, 6) is 0. The zero-order valence-electron chi connectivity index (χ0n) is 12.1. The fourth-order valence-corrected chi connectivity index (χ4v) is 4.91. The molecule has 0 fully saturated rings. The van der Waals surface area contributed by atoms with Crippen LogP contribution in [0.3, 0.4) is 0 Å². The van der Waals surface area contributed by atoms with Crippen LogP contribution in [0.25, 0.3) is 26.8 Å².